The Morgan fingerprint density at radius 3 is 2.62 bits per heavy atom. The summed E-state index contributed by atoms with van der Waals surface area (Å²) in [5.74, 6) is 0. The quantitative estimate of drug-likeness (QED) is 0.789. The molecule has 3 rings (SSSR count). The smallest absolute Gasteiger partial charge is 0.0992 e. The van der Waals surface area contributed by atoms with Crippen molar-refractivity contribution < 1.29 is 0 Å². The van der Waals surface area contributed by atoms with Crippen molar-refractivity contribution in [3.8, 4) is 5.69 Å². The summed E-state index contributed by atoms with van der Waals surface area (Å²) in [6.07, 6.45) is 8.94. The fraction of sp³-hybridized carbons (Fsp3) is 0.125. The van der Waals surface area contributed by atoms with Crippen molar-refractivity contribution in [2.75, 3.05) is 5.32 Å². The zero-order valence-electron chi connectivity index (χ0n) is 11.6. The van der Waals surface area contributed by atoms with E-state index >= 15 is 0 Å². The molecule has 1 N–H and O–H groups in total. The van der Waals surface area contributed by atoms with E-state index in [1.165, 1.54) is 5.56 Å². The van der Waals surface area contributed by atoms with Gasteiger partial charge in [0.25, 0.3) is 0 Å². The molecule has 0 fully saturated rings. The van der Waals surface area contributed by atoms with Gasteiger partial charge in [-0.15, -0.1) is 0 Å². The van der Waals surface area contributed by atoms with Crippen LogP contribution in [0.2, 0.25) is 5.02 Å². The van der Waals surface area contributed by atoms with Crippen molar-refractivity contribution >= 4 is 17.3 Å². The van der Waals surface area contributed by atoms with Crippen molar-refractivity contribution in [3.05, 3.63) is 72.0 Å². The van der Waals surface area contributed by atoms with Gasteiger partial charge in [0.1, 0.15) is 0 Å². The number of hydrogen-bond donors (Lipinski definition) is 1. The second-order valence-corrected chi connectivity index (χ2v) is 5.16. The first-order valence-electron chi connectivity index (χ1n) is 6.69. The largest absolute Gasteiger partial charge is 0.377 e. The molecule has 0 spiro atoms. The van der Waals surface area contributed by atoms with Crippen LogP contribution in [-0.2, 0) is 0 Å². The Morgan fingerprint density at radius 2 is 1.90 bits per heavy atom. The molecule has 2 aromatic heterocycles. The first kappa shape index (κ1) is 13.6. The minimum atomic E-state index is 0.147. The summed E-state index contributed by atoms with van der Waals surface area (Å²) in [5.41, 5.74) is 3.03. The number of nitrogens with zero attached hydrogens (tertiary/aromatic N) is 3. The van der Waals surface area contributed by atoms with E-state index in [2.05, 4.69) is 22.2 Å². The van der Waals surface area contributed by atoms with Crippen molar-refractivity contribution in [2.45, 2.75) is 13.0 Å². The summed E-state index contributed by atoms with van der Waals surface area (Å²) in [4.78, 5) is 8.13. The maximum absolute atomic E-state index is 6.35. The van der Waals surface area contributed by atoms with Gasteiger partial charge in [-0.05, 0) is 36.8 Å². The molecule has 1 aromatic carbocycles. The number of nitrogens with one attached hydrogen (secondary N) is 1. The van der Waals surface area contributed by atoms with Gasteiger partial charge in [-0.3, -0.25) is 4.98 Å². The van der Waals surface area contributed by atoms with Gasteiger partial charge >= 0.3 is 0 Å². The minimum Gasteiger partial charge on any atom is -0.377 e. The SMILES string of the molecule is CC(Nc1cccc(Cl)c1-n1ccnc1)c1ccncc1. The van der Waals surface area contributed by atoms with E-state index in [4.69, 9.17) is 11.6 Å². The molecule has 21 heavy (non-hydrogen) atoms. The molecule has 0 aliphatic carbocycles. The van der Waals surface area contributed by atoms with Crippen LogP contribution in [0.3, 0.4) is 0 Å². The monoisotopic (exact) mass is 298 g/mol. The highest BCUT2D eigenvalue weighted by Crippen LogP contribution is 2.30. The van der Waals surface area contributed by atoms with Gasteiger partial charge in [-0.25, -0.2) is 4.98 Å². The molecule has 1 unspecified atom stereocenters. The minimum absolute atomic E-state index is 0.147. The number of hydrogen-bond acceptors (Lipinski definition) is 3. The molecule has 0 aliphatic rings. The molecule has 4 nitrogen and oxygen atoms in total. The van der Waals surface area contributed by atoms with Crippen LogP contribution < -0.4 is 5.32 Å². The number of anilines is 1. The second kappa shape index (κ2) is 5.97. The number of benzene rings is 1. The average Bonchev–Trinajstić information content (AvgIpc) is 3.02. The highest BCUT2D eigenvalue weighted by atomic mass is 35.5. The van der Waals surface area contributed by atoms with Crippen LogP contribution in [0.4, 0.5) is 5.69 Å². The third kappa shape index (κ3) is 2.90. The van der Waals surface area contributed by atoms with Crippen LogP contribution >= 0.6 is 11.6 Å². The maximum Gasteiger partial charge on any atom is 0.0992 e. The van der Waals surface area contributed by atoms with Gasteiger partial charge in [0.2, 0.25) is 0 Å². The molecule has 0 saturated heterocycles. The second-order valence-electron chi connectivity index (χ2n) is 4.75. The maximum atomic E-state index is 6.35. The third-order valence-electron chi connectivity index (χ3n) is 3.33. The highest BCUT2D eigenvalue weighted by molar-refractivity contribution is 6.33. The lowest BCUT2D eigenvalue weighted by Crippen LogP contribution is -2.09. The van der Waals surface area contributed by atoms with Crippen molar-refractivity contribution in [2.24, 2.45) is 0 Å². The number of imidazole rings is 1. The van der Waals surface area contributed by atoms with Gasteiger partial charge in [0, 0.05) is 30.8 Å². The van der Waals surface area contributed by atoms with Crippen molar-refractivity contribution in [3.63, 3.8) is 0 Å². The van der Waals surface area contributed by atoms with Gasteiger partial charge in [0.05, 0.1) is 22.7 Å². The number of para-hydroxylation sites is 1. The van der Waals surface area contributed by atoms with Crippen LogP contribution in [0.25, 0.3) is 5.69 Å². The normalized spacial score (nSPS) is 12.1. The molecule has 0 radical (unpaired) electrons. The summed E-state index contributed by atoms with van der Waals surface area (Å²) in [6, 6.07) is 9.97. The van der Waals surface area contributed by atoms with Crippen LogP contribution in [-0.4, -0.2) is 14.5 Å². The zero-order chi connectivity index (χ0) is 14.7. The van der Waals surface area contributed by atoms with Crippen LogP contribution in [0.1, 0.15) is 18.5 Å². The molecule has 106 valence electrons. The number of halogens is 1. The summed E-state index contributed by atoms with van der Waals surface area (Å²) in [6.45, 7) is 2.11. The fourth-order valence-electron chi connectivity index (χ4n) is 2.25. The Hall–Kier alpha value is -2.33. The molecule has 0 saturated carbocycles. The fourth-order valence-corrected chi connectivity index (χ4v) is 2.53. The highest BCUT2D eigenvalue weighted by Gasteiger charge is 2.12. The summed E-state index contributed by atoms with van der Waals surface area (Å²) in [7, 11) is 0. The van der Waals surface area contributed by atoms with Gasteiger partial charge < -0.3 is 9.88 Å². The molecule has 0 amide bonds. The Bertz CT molecular complexity index is 710. The van der Waals surface area contributed by atoms with E-state index in [0.717, 1.165) is 11.4 Å². The van der Waals surface area contributed by atoms with Gasteiger partial charge in [-0.1, -0.05) is 17.7 Å². The molecule has 1 atom stereocenters. The number of rotatable bonds is 4. The van der Waals surface area contributed by atoms with Gasteiger partial charge in [0.15, 0.2) is 0 Å². The van der Waals surface area contributed by atoms with Crippen molar-refractivity contribution in [1.82, 2.24) is 14.5 Å². The first-order valence-corrected chi connectivity index (χ1v) is 7.07. The van der Waals surface area contributed by atoms with E-state index in [0.29, 0.717) is 5.02 Å². The lowest BCUT2D eigenvalue weighted by Gasteiger charge is -2.19. The molecule has 0 aliphatic heterocycles. The van der Waals surface area contributed by atoms with E-state index in [-0.39, 0.29) is 6.04 Å². The molecule has 3 aromatic rings. The Morgan fingerprint density at radius 1 is 1.10 bits per heavy atom. The topological polar surface area (TPSA) is 42.7 Å². The summed E-state index contributed by atoms with van der Waals surface area (Å²) in [5, 5.41) is 4.18. The average molecular weight is 299 g/mol. The standard InChI is InChI=1S/C16H15ClN4/c1-12(13-5-7-18-8-6-13)20-15-4-2-3-14(17)16(15)21-10-9-19-11-21/h2-12,20H,1H3. The number of pyridine rings is 1. The predicted octanol–water partition coefficient (Wildman–Crippen LogP) is 4.09. The predicted molar refractivity (Wildman–Crippen MR) is 84.8 cm³/mol. The Labute approximate surface area is 128 Å². The van der Waals surface area contributed by atoms with Crippen LogP contribution in [0.5, 0.6) is 0 Å². The summed E-state index contributed by atoms with van der Waals surface area (Å²) < 4.78 is 1.91. The molecular weight excluding hydrogens is 284 g/mol. The Kier molecular flexibility index (Phi) is 3.88. The van der Waals surface area contributed by atoms with E-state index in [9.17, 15) is 0 Å². The molecule has 2 heterocycles. The van der Waals surface area contributed by atoms with E-state index in [1.54, 1.807) is 24.9 Å². The number of aromatic nitrogens is 3. The third-order valence-corrected chi connectivity index (χ3v) is 3.63. The van der Waals surface area contributed by atoms with Crippen LogP contribution in [0, 0.1) is 0 Å². The van der Waals surface area contributed by atoms with E-state index in [1.807, 2.05) is 41.1 Å². The Balaban J connectivity index is 1.95. The van der Waals surface area contributed by atoms with Crippen molar-refractivity contribution in [1.29, 1.82) is 0 Å². The molecular formula is C16H15ClN4. The van der Waals surface area contributed by atoms with E-state index < -0.39 is 0 Å². The summed E-state index contributed by atoms with van der Waals surface area (Å²) >= 11 is 6.35. The van der Waals surface area contributed by atoms with Gasteiger partial charge in [-0.2, -0.15) is 0 Å². The lowest BCUT2D eigenvalue weighted by atomic mass is 10.1. The lowest BCUT2D eigenvalue weighted by molar-refractivity contribution is 0.876. The molecule has 5 heteroatoms. The first-order chi connectivity index (χ1) is 10.3. The zero-order valence-corrected chi connectivity index (χ0v) is 12.3. The molecule has 0 bridgehead atoms. The van der Waals surface area contributed by atoms with Crippen LogP contribution in [0.15, 0.2) is 61.4 Å².